The van der Waals surface area contributed by atoms with Crippen molar-refractivity contribution in [3.63, 3.8) is 0 Å². The lowest BCUT2D eigenvalue weighted by atomic mass is 10.2. The summed E-state index contributed by atoms with van der Waals surface area (Å²) in [7, 11) is 0. The lowest BCUT2D eigenvalue weighted by molar-refractivity contribution is -0.113. The van der Waals surface area contributed by atoms with Gasteiger partial charge in [-0.1, -0.05) is 17.8 Å². The number of nitrogens with zero attached hydrogens (tertiary/aromatic N) is 2. The number of thiophene rings is 1. The van der Waals surface area contributed by atoms with Crippen molar-refractivity contribution in [1.82, 2.24) is 9.55 Å². The van der Waals surface area contributed by atoms with E-state index in [0.717, 1.165) is 31.0 Å². The van der Waals surface area contributed by atoms with Gasteiger partial charge in [0.05, 0.1) is 16.8 Å². The number of hydrogen-bond donors (Lipinski definition) is 1. The molecule has 1 aromatic carbocycles. The number of aromatic nitrogens is 2. The molecule has 2 aromatic heterocycles. The largest absolute Gasteiger partial charge is 0.324 e. The maximum absolute atomic E-state index is 13.0. The fourth-order valence-electron chi connectivity index (χ4n) is 2.88. The number of aryl methyl sites for hydroxylation is 3. The van der Waals surface area contributed by atoms with Crippen LogP contribution in [0, 0.1) is 20.8 Å². The Bertz CT molecular complexity index is 1120. The highest BCUT2D eigenvalue weighted by Crippen LogP contribution is 2.30. The number of fused-ring (bicyclic) bond motifs is 1. The van der Waals surface area contributed by atoms with Gasteiger partial charge in [-0.05, 0) is 73.8 Å². The number of nitrogens with one attached hydrogen (secondary N) is 1. The van der Waals surface area contributed by atoms with E-state index in [0.29, 0.717) is 10.5 Å². The molecule has 0 fully saturated rings. The highest BCUT2D eigenvalue weighted by molar-refractivity contribution is 9.10. The third-order valence-corrected chi connectivity index (χ3v) is 7.16. The summed E-state index contributed by atoms with van der Waals surface area (Å²) in [4.78, 5) is 32.0. The van der Waals surface area contributed by atoms with E-state index < -0.39 is 0 Å². The predicted octanol–water partition coefficient (Wildman–Crippen LogP) is 5.46. The maximum atomic E-state index is 13.0. The minimum absolute atomic E-state index is 0.0361. The third-order valence-electron chi connectivity index (χ3n) is 4.45. The average Bonchev–Trinajstić information content (AvgIpc) is 2.89. The molecular formula is C20H22BrN3O2S2. The van der Waals surface area contributed by atoms with E-state index in [9.17, 15) is 9.59 Å². The third kappa shape index (κ3) is 4.18. The summed E-state index contributed by atoms with van der Waals surface area (Å²) in [5.41, 5.74) is 2.79. The molecule has 8 heteroatoms. The Balaban J connectivity index is 1.86. The molecule has 0 saturated heterocycles. The number of amides is 1. The van der Waals surface area contributed by atoms with Crippen LogP contribution in [0.5, 0.6) is 0 Å². The van der Waals surface area contributed by atoms with E-state index in [1.54, 1.807) is 4.57 Å². The molecule has 0 aliphatic heterocycles. The molecule has 1 amide bonds. The maximum Gasteiger partial charge on any atom is 0.263 e. The van der Waals surface area contributed by atoms with Crippen LogP contribution in [-0.2, 0) is 4.79 Å². The van der Waals surface area contributed by atoms with E-state index >= 15 is 0 Å². The van der Waals surface area contributed by atoms with Crippen LogP contribution >= 0.6 is 39.0 Å². The van der Waals surface area contributed by atoms with Crippen molar-refractivity contribution >= 4 is 60.8 Å². The van der Waals surface area contributed by atoms with Crippen molar-refractivity contribution in [2.45, 2.75) is 45.8 Å². The fraction of sp³-hybridized carbons (Fsp3) is 0.350. The van der Waals surface area contributed by atoms with Gasteiger partial charge in [-0.2, -0.15) is 0 Å². The summed E-state index contributed by atoms with van der Waals surface area (Å²) in [6.07, 6.45) is 0. The summed E-state index contributed by atoms with van der Waals surface area (Å²) in [6, 6.07) is 5.73. The number of rotatable bonds is 5. The second-order valence-electron chi connectivity index (χ2n) is 6.95. The first-order valence-corrected chi connectivity index (χ1v) is 11.5. The molecule has 0 bridgehead atoms. The highest BCUT2D eigenvalue weighted by Gasteiger charge is 2.19. The first kappa shape index (κ1) is 21.1. The van der Waals surface area contributed by atoms with E-state index in [2.05, 4.69) is 21.2 Å². The average molecular weight is 480 g/mol. The molecule has 0 saturated carbocycles. The van der Waals surface area contributed by atoms with Crippen LogP contribution in [0.15, 0.2) is 32.6 Å². The molecule has 0 aliphatic carbocycles. The van der Waals surface area contributed by atoms with Crippen LogP contribution in [0.1, 0.15) is 35.9 Å². The Morgan fingerprint density at radius 2 is 2.04 bits per heavy atom. The first-order chi connectivity index (χ1) is 13.2. The summed E-state index contributed by atoms with van der Waals surface area (Å²) in [6.45, 7) is 9.86. The highest BCUT2D eigenvalue weighted by atomic mass is 79.9. The van der Waals surface area contributed by atoms with Gasteiger partial charge in [0.1, 0.15) is 4.83 Å². The zero-order valence-corrected chi connectivity index (χ0v) is 19.6. The number of benzene rings is 1. The van der Waals surface area contributed by atoms with Crippen molar-refractivity contribution in [3.05, 3.63) is 49.0 Å². The normalized spacial score (nSPS) is 11.4. The van der Waals surface area contributed by atoms with Gasteiger partial charge in [0.25, 0.3) is 5.56 Å². The van der Waals surface area contributed by atoms with Crippen LogP contribution in [0.25, 0.3) is 10.2 Å². The van der Waals surface area contributed by atoms with Gasteiger partial charge in [0.2, 0.25) is 5.91 Å². The quantitative estimate of drug-likeness (QED) is 0.389. The molecule has 3 aromatic rings. The molecule has 5 nitrogen and oxygen atoms in total. The van der Waals surface area contributed by atoms with Gasteiger partial charge in [0, 0.05) is 15.4 Å². The molecule has 3 rings (SSSR count). The fourth-order valence-corrected chi connectivity index (χ4v) is 5.47. The topological polar surface area (TPSA) is 64.0 Å². The van der Waals surface area contributed by atoms with Gasteiger partial charge in [-0.25, -0.2) is 4.98 Å². The molecule has 0 aliphatic rings. The van der Waals surface area contributed by atoms with Crippen molar-refractivity contribution in [2.75, 3.05) is 11.1 Å². The second-order valence-corrected chi connectivity index (χ2v) is 9.95. The summed E-state index contributed by atoms with van der Waals surface area (Å²) >= 11 is 6.28. The van der Waals surface area contributed by atoms with Crippen LogP contribution < -0.4 is 10.9 Å². The van der Waals surface area contributed by atoms with Crippen LogP contribution in [-0.4, -0.2) is 21.2 Å². The standard InChI is InChI=1S/C20H22BrN3O2S2/c1-10(2)24-19(26)17-12(4)13(5)28-18(17)23-20(24)27-9-16(25)22-15-7-6-11(3)8-14(15)21/h6-8,10H,9H2,1-5H3,(H,22,25). The number of thioether (sulfide) groups is 1. The first-order valence-electron chi connectivity index (χ1n) is 8.90. The second kappa shape index (κ2) is 8.39. The molecule has 28 heavy (non-hydrogen) atoms. The van der Waals surface area contributed by atoms with Crippen molar-refractivity contribution in [2.24, 2.45) is 0 Å². The molecule has 148 valence electrons. The Morgan fingerprint density at radius 3 is 2.68 bits per heavy atom. The van der Waals surface area contributed by atoms with Gasteiger partial charge in [-0.15, -0.1) is 11.3 Å². The monoisotopic (exact) mass is 479 g/mol. The van der Waals surface area contributed by atoms with Gasteiger partial charge in [0.15, 0.2) is 5.16 Å². The zero-order valence-electron chi connectivity index (χ0n) is 16.4. The van der Waals surface area contributed by atoms with E-state index in [1.165, 1.54) is 23.1 Å². The predicted molar refractivity (Wildman–Crippen MR) is 122 cm³/mol. The summed E-state index contributed by atoms with van der Waals surface area (Å²) < 4.78 is 2.52. The minimum atomic E-state index is -0.141. The summed E-state index contributed by atoms with van der Waals surface area (Å²) in [5.74, 6) is 0.0339. The molecule has 0 radical (unpaired) electrons. The van der Waals surface area contributed by atoms with Gasteiger partial charge >= 0.3 is 0 Å². The van der Waals surface area contributed by atoms with Crippen LogP contribution in [0.3, 0.4) is 0 Å². The van der Waals surface area contributed by atoms with E-state index in [4.69, 9.17) is 4.98 Å². The molecule has 0 atom stereocenters. The van der Waals surface area contributed by atoms with Crippen molar-refractivity contribution in [1.29, 1.82) is 0 Å². The lowest BCUT2D eigenvalue weighted by Gasteiger charge is -2.15. The van der Waals surface area contributed by atoms with Crippen molar-refractivity contribution < 1.29 is 4.79 Å². The Kier molecular flexibility index (Phi) is 6.31. The molecule has 0 unspecified atom stereocenters. The van der Waals surface area contributed by atoms with Gasteiger partial charge in [-0.3, -0.25) is 14.2 Å². The number of anilines is 1. The Hall–Kier alpha value is -1.64. The molecule has 2 heterocycles. The molecule has 1 N–H and O–H groups in total. The van der Waals surface area contributed by atoms with Crippen molar-refractivity contribution in [3.8, 4) is 0 Å². The number of hydrogen-bond acceptors (Lipinski definition) is 5. The number of carbonyl (C=O) groups is 1. The smallest absolute Gasteiger partial charge is 0.263 e. The zero-order chi connectivity index (χ0) is 20.6. The van der Waals surface area contributed by atoms with Crippen LogP contribution in [0.2, 0.25) is 0 Å². The Morgan fingerprint density at radius 1 is 1.32 bits per heavy atom. The Labute approximate surface area is 180 Å². The number of halogens is 1. The SMILES string of the molecule is Cc1ccc(NC(=O)CSc2nc3sc(C)c(C)c3c(=O)n2C(C)C)c(Br)c1. The van der Waals surface area contributed by atoms with Gasteiger partial charge < -0.3 is 5.32 Å². The minimum Gasteiger partial charge on any atom is -0.324 e. The molecular weight excluding hydrogens is 458 g/mol. The molecule has 0 spiro atoms. The number of carbonyl (C=O) groups excluding carboxylic acids is 1. The summed E-state index contributed by atoms with van der Waals surface area (Å²) in [5, 5.41) is 4.17. The van der Waals surface area contributed by atoms with E-state index in [1.807, 2.05) is 52.8 Å². The van der Waals surface area contributed by atoms with Crippen LogP contribution in [0.4, 0.5) is 5.69 Å². The van der Waals surface area contributed by atoms with E-state index in [-0.39, 0.29) is 23.3 Å². The lowest BCUT2D eigenvalue weighted by Crippen LogP contribution is -2.25.